The summed E-state index contributed by atoms with van der Waals surface area (Å²) in [6, 6.07) is 4.22. The Labute approximate surface area is 102 Å². The van der Waals surface area contributed by atoms with Gasteiger partial charge in [0.2, 0.25) is 0 Å². The number of pyridine rings is 1. The van der Waals surface area contributed by atoms with Crippen molar-refractivity contribution >= 4 is 23.1 Å². The highest BCUT2D eigenvalue weighted by Crippen LogP contribution is 2.26. The smallest absolute Gasteiger partial charge is 0.180 e. The van der Waals surface area contributed by atoms with Gasteiger partial charge in [0, 0.05) is 12.2 Å². The van der Waals surface area contributed by atoms with Crippen molar-refractivity contribution in [3.8, 4) is 0 Å². The Morgan fingerprint density at radius 2 is 2.38 bits per heavy atom. The molecule has 1 unspecified atom stereocenters. The summed E-state index contributed by atoms with van der Waals surface area (Å²) in [5.41, 5.74) is 8.60. The summed E-state index contributed by atoms with van der Waals surface area (Å²) in [6.45, 7) is 1.99. The number of nitrogens with two attached hydrogens (primary N) is 1. The molecule has 0 fully saturated rings. The van der Waals surface area contributed by atoms with E-state index >= 15 is 0 Å². The number of aromatic nitrogens is 3. The lowest BCUT2D eigenvalue weighted by Crippen LogP contribution is -2.17. The van der Waals surface area contributed by atoms with Gasteiger partial charge in [0.25, 0.3) is 0 Å². The predicted octanol–water partition coefficient (Wildman–Crippen LogP) is 1.97. The van der Waals surface area contributed by atoms with Gasteiger partial charge in [0.15, 0.2) is 4.34 Å². The standard InChI is InChI=1S/C10H12N4S2/c1-7(11)4-8-2-3-9(12-5-8)16-10-14-13-6-15-10/h2-3,5-7H,4,11H2,1H3. The Morgan fingerprint density at radius 3 is 2.94 bits per heavy atom. The molecule has 4 nitrogen and oxygen atoms in total. The number of nitrogens with zero attached hydrogens (tertiary/aromatic N) is 3. The molecule has 2 N–H and O–H groups in total. The molecular weight excluding hydrogens is 240 g/mol. The Morgan fingerprint density at radius 1 is 1.50 bits per heavy atom. The van der Waals surface area contributed by atoms with Crippen molar-refractivity contribution in [2.24, 2.45) is 5.73 Å². The van der Waals surface area contributed by atoms with Crippen LogP contribution in [-0.4, -0.2) is 21.2 Å². The van der Waals surface area contributed by atoms with Crippen molar-refractivity contribution in [1.82, 2.24) is 15.2 Å². The third-order valence-corrected chi connectivity index (χ3v) is 3.62. The molecule has 0 aliphatic carbocycles. The maximum atomic E-state index is 5.72. The van der Waals surface area contributed by atoms with Gasteiger partial charge in [-0.05, 0) is 36.7 Å². The van der Waals surface area contributed by atoms with Gasteiger partial charge in [-0.25, -0.2) is 4.98 Å². The molecule has 0 amide bonds. The maximum absolute atomic E-state index is 5.72. The molecule has 2 rings (SSSR count). The largest absolute Gasteiger partial charge is 0.328 e. The van der Waals surface area contributed by atoms with E-state index in [2.05, 4.69) is 21.2 Å². The van der Waals surface area contributed by atoms with Crippen molar-refractivity contribution in [2.75, 3.05) is 0 Å². The van der Waals surface area contributed by atoms with E-state index in [4.69, 9.17) is 5.73 Å². The van der Waals surface area contributed by atoms with Gasteiger partial charge in [-0.15, -0.1) is 10.2 Å². The van der Waals surface area contributed by atoms with Gasteiger partial charge in [0.1, 0.15) is 10.5 Å². The van der Waals surface area contributed by atoms with Crippen LogP contribution in [0.2, 0.25) is 0 Å². The summed E-state index contributed by atoms with van der Waals surface area (Å²) in [7, 11) is 0. The molecule has 6 heteroatoms. The molecule has 2 heterocycles. The lowest BCUT2D eigenvalue weighted by Gasteiger charge is -2.04. The highest BCUT2D eigenvalue weighted by Gasteiger charge is 2.03. The third-order valence-electron chi connectivity index (χ3n) is 1.89. The fourth-order valence-electron chi connectivity index (χ4n) is 1.26. The zero-order chi connectivity index (χ0) is 11.4. The highest BCUT2D eigenvalue weighted by atomic mass is 32.2. The van der Waals surface area contributed by atoms with E-state index in [1.165, 1.54) is 23.1 Å². The molecule has 0 spiro atoms. The fraction of sp³-hybridized carbons (Fsp3) is 0.300. The summed E-state index contributed by atoms with van der Waals surface area (Å²) >= 11 is 3.04. The number of hydrogen-bond acceptors (Lipinski definition) is 6. The quantitative estimate of drug-likeness (QED) is 0.901. The molecule has 1 atom stereocenters. The summed E-state index contributed by atoms with van der Waals surface area (Å²) in [6.07, 6.45) is 2.73. The monoisotopic (exact) mass is 252 g/mol. The zero-order valence-electron chi connectivity index (χ0n) is 8.83. The fourth-order valence-corrected chi connectivity index (χ4v) is 2.63. The normalized spacial score (nSPS) is 12.6. The lowest BCUT2D eigenvalue weighted by atomic mass is 10.1. The average molecular weight is 252 g/mol. The Kier molecular flexibility index (Phi) is 3.87. The van der Waals surface area contributed by atoms with Crippen LogP contribution in [0, 0.1) is 0 Å². The van der Waals surface area contributed by atoms with Crippen LogP contribution in [0.15, 0.2) is 33.2 Å². The van der Waals surface area contributed by atoms with Gasteiger partial charge >= 0.3 is 0 Å². The van der Waals surface area contributed by atoms with Crippen LogP contribution in [0.25, 0.3) is 0 Å². The molecule has 0 aliphatic heterocycles. The second-order valence-corrected chi connectivity index (χ2v) is 5.59. The van der Waals surface area contributed by atoms with E-state index in [9.17, 15) is 0 Å². The van der Waals surface area contributed by atoms with Gasteiger partial charge in [-0.2, -0.15) is 0 Å². The van der Waals surface area contributed by atoms with Gasteiger partial charge < -0.3 is 5.73 Å². The van der Waals surface area contributed by atoms with E-state index in [0.717, 1.165) is 21.3 Å². The van der Waals surface area contributed by atoms with Crippen LogP contribution in [-0.2, 0) is 6.42 Å². The van der Waals surface area contributed by atoms with Gasteiger partial charge in [-0.1, -0.05) is 17.4 Å². The lowest BCUT2D eigenvalue weighted by molar-refractivity contribution is 0.734. The van der Waals surface area contributed by atoms with E-state index < -0.39 is 0 Å². The summed E-state index contributed by atoms with van der Waals surface area (Å²) in [5.74, 6) is 0. The molecule has 2 aromatic heterocycles. The molecule has 16 heavy (non-hydrogen) atoms. The molecule has 0 bridgehead atoms. The molecule has 0 aromatic carbocycles. The van der Waals surface area contributed by atoms with Crippen LogP contribution >= 0.6 is 23.1 Å². The minimum absolute atomic E-state index is 0.170. The Hall–Kier alpha value is -0.980. The third kappa shape index (κ3) is 3.26. The van der Waals surface area contributed by atoms with Crippen LogP contribution in [0.4, 0.5) is 0 Å². The van der Waals surface area contributed by atoms with Crippen LogP contribution in [0.1, 0.15) is 12.5 Å². The maximum Gasteiger partial charge on any atom is 0.180 e. The second-order valence-electron chi connectivity index (χ2n) is 3.49. The minimum atomic E-state index is 0.170. The minimum Gasteiger partial charge on any atom is -0.328 e. The highest BCUT2D eigenvalue weighted by molar-refractivity contribution is 8.00. The molecular formula is C10H12N4S2. The average Bonchev–Trinajstić information content (AvgIpc) is 2.73. The van der Waals surface area contributed by atoms with E-state index in [1.54, 1.807) is 5.51 Å². The summed E-state index contributed by atoms with van der Waals surface area (Å²) in [4.78, 5) is 4.35. The van der Waals surface area contributed by atoms with Gasteiger partial charge in [0.05, 0.1) is 0 Å². The number of rotatable bonds is 4. The molecule has 2 aromatic rings. The first-order chi connectivity index (χ1) is 7.74. The first-order valence-corrected chi connectivity index (χ1v) is 6.58. The molecule has 0 radical (unpaired) electrons. The van der Waals surface area contributed by atoms with Gasteiger partial charge in [-0.3, -0.25) is 0 Å². The predicted molar refractivity (Wildman–Crippen MR) is 65.6 cm³/mol. The molecule has 0 saturated carbocycles. The van der Waals surface area contributed by atoms with Crippen molar-refractivity contribution < 1.29 is 0 Å². The Bertz CT molecular complexity index is 425. The first kappa shape index (κ1) is 11.5. The van der Waals surface area contributed by atoms with Crippen LogP contribution in [0.3, 0.4) is 0 Å². The molecule has 84 valence electrons. The molecule has 0 saturated heterocycles. The van der Waals surface area contributed by atoms with E-state index in [1.807, 2.05) is 19.2 Å². The van der Waals surface area contributed by atoms with Crippen LogP contribution < -0.4 is 5.73 Å². The molecule has 0 aliphatic rings. The van der Waals surface area contributed by atoms with Crippen LogP contribution in [0.5, 0.6) is 0 Å². The number of hydrogen-bond donors (Lipinski definition) is 1. The SMILES string of the molecule is CC(N)Cc1ccc(Sc2nncs2)nc1. The van der Waals surface area contributed by atoms with Crippen molar-refractivity contribution in [3.05, 3.63) is 29.4 Å². The van der Waals surface area contributed by atoms with Crippen molar-refractivity contribution in [3.63, 3.8) is 0 Å². The second kappa shape index (κ2) is 5.38. The zero-order valence-corrected chi connectivity index (χ0v) is 10.5. The van der Waals surface area contributed by atoms with E-state index in [-0.39, 0.29) is 6.04 Å². The summed E-state index contributed by atoms with van der Waals surface area (Å²) in [5, 5.41) is 8.67. The van der Waals surface area contributed by atoms with Crippen molar-refractivity contribution in [2.45, 2.75) is 28.8 Å². The first-order valence-electron chi connectivity index (χ1n) is 4.88. The van der Waals surface area contributed by atoms with E-state index in [0.29, 0.717) is 0 Å². The topological polar surface area (TPSA) is 64.7 Å². The summed E-state index contributed by atoms with van der Waals surface area (Å²) < 4.78 is 0.910. The Balaban J connectivity index is 2.02. The van der Waals surface area contributed by atoms with Crippen molar-refractivity contribution in [1.29, 1.82) is 0 Å².